The van der Waals surface area contributed by atoms with Crippen molar-refractivity contribution in [1.82, 2.24) is 4.31 Å². The van der Waals surface area contributed by atoms with Crippen molar-refractivity contribution in [3.8, 4) is 0 Å². The van der Waals surface area contributed by atoms with Gasteiger partial charge in [0.05, 0.1) is 12.2 Å². The fraction of sp³-hybridized carbons (Fsp3) is 0.462. The van der Waals surface area contributed by atoms with E-state index in [-0.39, 0.29) is 18.4 Å². The molecule has 1 aromatic carbocycles. The van der Waals surface area contributed by atoms with Crippen LogP contribution in [0.2, 0.25) is 0 Å². The maximum absolute atomic E-state index is 12.2. The Morgan fingerprint density at radius 3 is 2.60 bits per heavy atom. The standard InChI is InChI=1S/C13H17IN2O3S/c1-20(18,19)16-8-2-3-10(9-16)13(17)15-12-6-4-11(14)5-7-12/h4-7,10H,2-3,8-9H2,1H3,(H,15,17)/t10-/m0/s1. The summed E-state index contributed by atoms with van der Waals surface area (Å²) >= 11 is 2.20. The third-order valence-corrected chi connectivity index (χ3v) is 5.32. The summed E-state index contributed by atoms with van der Waals surface area (Å²) in [5.41, 5.74) is 0.742. The number of carbonyl (C=O) groups excluding carboxylic acids is 1. The Morgan fingerprint density at radius 1 is 1.35 bits per heavy atom. The van der Waals surface area contributed by atoms with E-state index in [1.54, 1.807) is 0 Å². The highest BCUT2D eigenvalue weighted by atomic mass is 127. The first-order valence-corrected chi connectivity index (χ1v) is 9.30. The predicted molar refractivity (Wildman–Crippen MR) is 86.9 cm³/mol. The maximum Gasteiger partial charge on any atom is 0.228 e. The minimum atomic E-state index is -3.22. The Kier molecular flexibility index (Phi) is 5.03. The van der Waals surface area contributed by atoms with Crippen LogP contribution in [0.15, 0.2) is 24.3 Å². The molecule has 1 saturated heterocycles. The molecule has 2 rings (SSSR count). The molecule has 1 heterocycles. The monoisotopic (exact) mass is 408 g/mol. The molecule has 1 N–H and O–H groups in total. The molecule has 0 spiro atoms. The number of hydrogen-bond donors (Lipinski definition) is 1. The van der Waals surface area contributed by atoms with Crippen molar-refractivity contribution in [2.24, 2.45) is 5.92 Å². The average Bonchev–Trinajstić information content (AvgIpc) is 2.40. The summed E-state index contributed by atoms with van der Waals surface area (Å²) in [5.74, 6) is -0.391. The van der Waals surface area contributed by atoms with E-state index in [9.17, 15) is 13.2 Å². The van der Waals surface area contributed by atoms with Crippen LogP contribution >= 0.6 is 22.6 Å². The lowest BCUT2D eigenvalue weighted by Crippen LogP contribution is -2.43. The molecule has 1 amide bonds. The first-order valence-electron chi connectivity index (χ1n) is 6.38. The van der Waals surface area contributed by atoms with Gasteiger partial charge < -0.3 is 5.32 Å². The molecule has 0 saturated carbocycles. The molecule has 1 atom stereocenters. The van der Waals surface area contributed by atoms with Crippen molar-refractivity contribution >= 4 is 44.2 Å². The Morgan fingerprint density at radius 2 is 2.00 bits per heavy atom. The van der Waals surface area contributed by atoms with E-state index in [0.717, 1.165) is 22.1 Å². The minimum Gasteiger partial charge on any atom is -0.326 e. The highest BCUT2D eigenvalue weighted by molar-refractivity contribution is 14.1. The molecule has 0 aromatic heterocycles. The number of hydrogen-bond acceptors (Lipinski definition) is 3. The fourth-order valence-electron chi connectivity index (χ4n) is 2.24. The quantitative estimate of drug-likeness (QED) is 0.778. The van der Waals surface area contributed by atoms with Crippen molar-refractivity contribution in [3.05, 3.63) is 27.8 Å². The van der Waals surface area contributed by atoms with Crippen molar-refractivity contribution in [2.75, 3.05) is 24.7 Å². The number of piperidine rings is 1. The number of sulfonamides is 1. The van der Waals surface area contributed by atoms with E-state index >= 15 is 0 Å². The van der Waals surface area contributed by atoms with Crippen molar-refractivity contribution in [2.45, 2.75) is 12.8 Å². The molecular weight excluding hydrogens is 391 g/mol. The van der Waals surface area contributed by atoms with Gasteiger partial charge in [0, 0.05) is 22.3 Å². The molecular formula is C13H17IN2O3S. The van der Waals surface area contributed by atoms with Gasteiger partial charge in [0.15, 0.2) is 0 Å². The molecule has 20 heavy (non-hydrogen) atoms. The van der Waals surface area contributed by atoms with E-state index in [2.05, 4.69) is 27.9 Å². The molecule has 110 valence electrons. The average molecular weight is 408 g/mol. The molecule has 1 fully saturated rings. The summed E-state index contributed by atoms with van der Waals surface area (Å²) < 4.78 is 25.6. The number of halogens is 1. The topological polar surface area (TPSA) is 66.5 Å². The van der Waals surface area contributed by atoms with Gasteiger partial charge in [0.1, 0.15) is 0 Å². The number of amides is 1. The van der Waals surface area contributed by atoms with Crippen LogP contribution in [-0.2, 0) is 14.8 Å². The van der Waals surface area contributed by atoms with Gasteiger partial charge in [-0.25, -0.2) is 12.7 Å². The second-order valence-corrected chi connectivity index (χ2v) is 8.18. The van der Waals surface area contributed by atoms with Crippen LogP contribution in [0, 0.1) is 9.49 Å². The van der Waals surface area contributed by atoms with Crippen LogP contribution in [0.5, 0.6) is 0 Å². The van der Waals surface area contributed by atoms with Gasteiger partial charge in [-0.3, -0.25) is 4.79 Å². The van der Waals surface area contributed by atoms with Crippen LogP contribution in [0.3, 0.4) is 0 Å². The van der Waals surface area contributed by atoms with Crippen LogP contribution in [0.1, 0.15) is 12.8 Å². The van der Waals surface area contributed by atoms with Crippen LogP contribution in [-0.4, -0.2) is 38.0 Å². The lowest BCUT2D eigenvalue weighted by atomic mass is 9.99. The first kappa shape index (κ1) is 15.7. The van der Waals surface area contributed by atoms with E-state index in [0.29, 0.717) is 6.54 Å². The lowest BCUT2D eigenvalue weighted by molar-refractivity contribution is -0.120. The van der Waals surface area contributed by atoms with E-state index in [1.807, 2.05) is 24.3 Å². The van der Waals surface area contributed by atoms with Gasteiger partial charge in [-0.1, -0.05) is 0 Å². The summed E-state index contributed by atoms with van der Waals surface area (Å²) in [4.78, 5) is 12.2. The summed E-state index contributed by atoms with van der Waals surface area (Å²) in [7, 11) is -3.22. The molecule has 0 aliphatic carbocycles. The molecule has 1 aliphatic heterocycles. The van der Waals surface area contributed by atoms with Crippen LogP contribution < -0.4 is 5.32 Å². The van der Waals surface area contributed by atoms with Gasteiger partial charge in [-0.15, -0.1) is 0 Å². The maximum atomic E-state index is 12.2. The first-order chi connectivity index (χ1) is 9.36. The third kappa shape index (κ3) is 4.16. The van der Waals surface area contributed by atoms with Gasteiger partial charge in [-0.05, 0) is 59.7 Å². The van der Waals surface area contributed by atoms with Crippen LogP contribution in [0.25, 0.3) is 0 Å². The Bertz CT molecular complexity index is 586. The molecule has 5 nitrogen and oxygen atoms in total. The number of anilines is 1. The van der Waals surface area contributed by atoms with E-state index in [4.69, 9.17) is 0 Å². The number of carbonyl (C=O) groups is 1. The zero-order valence-electron chi connectivity index (χ0n) is 11.2. The van der Waals surface area contributed by atoms with Crippen LogP contribution in [0.4, 0.5) is 5.69 Å². The van der Waals surface area contributed by atoms with Crippen molar-refractivity contribution < 1.29 is 13.2 Å². The minimum absolute atomic E-state index is 0.112. The summed E-state index contributed by atoms with van der Waals surface area (Å²) in [6.45, 7) is 0.779. The van der Waals surface area contributed by atoms with E-state index in [1.165, 1.54) is 10.6 Å². The Labute approximate surface area is 132 Å². The molecule has 0 unspecified atom stereocenters. The zero-order valence-corrected chi connectivity index (χ0v) is 14.1. The summed E-state index contributed by atoms with van der Waals surface area (Å²) in [6, 6.07) is 7.52. The number of benzene rings is 1. The Hall–Kier alpha value is -0.670. The fourth-order valence-corrected chi connectivity index (χ4v) is 3.51. The molecule has 7 heteroatoms. The molecule has 1 aromatic rings. The summed E-state index contributed by atoms with van der Waals surface area (Å²) in [6.07, 6.45) is 2.63. The zero-order chi connectivity index (χ0) is 14.8. The van der Waals surface area contributed by atoms with Gasteiger partial charge in [-0.2, -0.15) is 0 Å². The van der Waals surface area contributed by atoms with Crippen molar-refractivity contribution in [1.29, 1.82) is 0 Å². The molecule has 0 bridgehead atoms. The number of rotatable bonds is 3. The highest BCUT2D eigenvalue weighted by Crippen LogP contribution is 2.20. The van der Waals surface area contributed by atoms with Gasteiger partial charge >= 0.3 is 0 Å². The summed E-state index contributed by atoms with van der Waals surface area (Å²) in [5, 5.41) is 2.85. The molecule has 0 radical (unpaired) electrons. The largest absolute Gasteiger partial charge is 0.326 e. The normalized spacial score (nSPS) is 20.6. The number of nitrogens with one attached hydrogen (secondary N) is 1. The van der Waals surface area contributed by atoms with Gasteiger partial charge in [0.2, 0.25) is 15.9 Å². The second kappa shape index (κ2) is 6.40. The third-order valence-electron chi connectivity index (χ3n) is 3.34. The smallest absolute Gasteiger partial charge is 0.228 e. The van der Waals surface area contributed by atoms with Crippen molar-refractivity contribution in [3.63, 3.8) is 0 Å². The van der Waals surface area contributed by atoms with E-state index < -0.39 is 10.0 Å². The predicted octanol–water partition coefficient (Wildman–Crippen LogP) is 1.90. The Balaban J connectivity index is 2.00. The molecule has 1 aliphatic rings. The second-order valence-electron chi connectivity index (χ2n) is 4.96. The van der Waals surface area contributed by atoms with Gasteiger partial charge in [0.25, 0.3) is 0 Å². The number of nitrogens with zero attached hydrogens (tertiary/aromatic N) is 1. The SMILES string of the molecule is CS(=O)(=O)N1CCC[C@H](C(=O)Nc2ccc(I)cc2)C1. The lowest BCUT2D eigenvalue weighted by Gasteiger charge is -2.30. The highest BCUT2D eigenvalue weighted by Gasteiger charge is 2.30.